The summed E-state index contributed by atoms with van der Waals surface area (Å²) < 4.78 is 29.6. The molecule has 1 N–H and O–H groups in total. The highest BCUT2D eigenvalue weighted by molar-refractivity contribution is 7.85. The van der Waals surface area contributed by atoms with E-state index in [4.69, 9.17) is 4.55 Å². The molecule has 0 saturated carbocycles. The molecule has 0 heterocycles. The Balaban J connectivity index is 0. The zero-order valence-electron chi connectivity index (χ0n) is 7.98. The molecule has 76 valence electrons. The van der Waals surface area contributed by atoms with Crippen LogP contribution in [0.1, 0.15) is 20.8 Å². The van der Waals surface area contributed by atoms with E-state index in [1.165, 1.54) is 12.1 Å². The third kappa shape index (κ3) is 4.05. The van der Waals surface area contributed by atoms with Gasteiger partial charge in [0, 0.05) is 1.43 Å². The molecule has 1 aromatic rings. The first-order valence-electron chi connectivity index (χ1n) is 4.04. The standard InChI is InChI=1S/C7H8O3S.C2H6.H2/c1-6-2-4-7(5-3-6)11(8,9)10;1-2;/h2-5H,1H3,(H,8,9,10);1-2H3;1H. The zero-order chi connectivity index (χ0) is 10.5. The van der Waals surface area contributed by atoms with Crippen molar-refractivity contribution in [2.24, 2.45) is 0 Å². The number of hydrogen-bond acceptors (Lipinski definition) is 2. The van der Waals surface area contributed by atoms with E-state index in [0.717, 1.165) is 5.56 Å². The second-order valence-electron chi connectivity index (χ2n) is 2.29. The van der Waals surface area contributed by atoms with E-state index in [9.17, 15) is 8.42 Å². The average Bonchev–Trinajstić information content (AvgIpc) is 2.07. The lowest BCUT2D eigenvalue weighted by molar-refractivity contribution is 0.483. The van der Waals surface area contributed by atoms with Crippen molar-refractivity contribution in [3.05, 3.63) is 29.8 Å². The maximum atomic E-state index is 10.5. The Bertz CT molecular complexity index is 343. The summed E-state index contributed by atoms with van der Waals surface area (Å²) in [4.78, 5) is -0.0666. The van der Waals surface area contributed by atoms with Gasteiger partial charge < -0.3 is 0 Å². The van der Waals surface area contributed by atoms with Crippen LogP contribution in [0.3, 0.4) is 0 Å². The van der Waals surface area contributed by atoms with Crippen molar-refractivity contribution in [2.45, 2.75) is 25.7 Å². The molecule has 4 heteroatoms. The Morgan fingerprint density at radius 2 is 1.54 bits per heavy atom. The number of hydrogen-bond donors (Lipinski definition) is 1. The van der Waals surface area contributed by atoms with Crippen LogP contribution in [0.4, 0.5) is 0 Å². The monoisotopic (exact) mass is 204 g/mol. The highest BCUT2D eigenvalue weighted by Crippen LogP contribution is 2.08. The molecule has 0 unspecified atom stereocenters. The lowest BCUT2D eigenvalue weighted by Crippen LogP contribution is -1.96. The van der Waals surface area contributed by atoms with Crippen LogP contribution in [0.15, 0.2) is 29.2 Å². The summed E-state index contributed by atoms with van der Waals surface area (Å²) >= 11 is 0. The molecule has 0 aromatic heterocycles. The van der Waals surface area contributed by atoms with E-state index in [2.05, 4.69) is 0 Å². The van der Waals surface area contributed by atoms with Gasteiger partial charge in [0.1, 0.15) is 0 Å². The van der Waals surface area contributed by atoms with Crippen LogP contribution in [-0.2, 0) is 10.1 Å². The van der Waals surface area contributed by atoms with Crippen molar-refractivity contribution < 1.29 is 14.4 Å². The fourth-order valence-corrected chi connectivity index (χ4v) is 1.19. The largest absolute Gasteiger partial charge is 0.294 e. The fraction of sp³-hybridized carbons (Fsp3) is 0.333. The van der Waals surface area contributed by atoms with E-state index >= 15 is 0 Å². The summed E-state index contributed by atoms with van der Waals surface area (Å²) in [6.07, 6.45) is 0. The quantitative estimate of drug-likeness (QED) is 0.715. The lowest BCUT2D eigenvalue weighted by Gasteiger charge is -1.95. The lowest BCUT2D eigenvalue weighted by atomic mass is 10.2. The molecule has 0 amide bonds. The van der Waals surface area contributed by atoms with Crippen LogP contribution in [0, 0.1) is 6.92 Å². The van der Waals surface area contributed by atoms with Gasteiger partial charge in [0.05, 0.1) is 4.90 Å². The van der Waals surface area contributed by atoms with Gasteiger partial charge in [0.15, 0.2) is 0 Å². The van der Waals surface area contributed by atoms with Crippen LogP contribution < -0.4 is 0 Å². The first kappa shape index (κ1) is 12.1. The Morgan fingerprint density at radius 1 is 1.15 bits per heavy atom. The minimum Gasteiger partial charge on any atom is -0.282 e. The van der Waals surface area contributed by atoms with Crippen LogP contribution in [0.25, 0.3) is 0 Å². The number of benzene rings is 1. The van der Waals surface area contributed by atoms with Gasteiger partial charge >= 0.3 is 0 Å². The summed E-state index contributed by atoms with van der Waals surface area (Å²) in [5, 5.41) is 0. The van der Waals surface area contributed by atoms with Gasteiger partial charge in [-0.25, -0.2) is 0 Å². The molecule has 0 spiro atoms. The molecule has 1 rings (SSSR count). The minimum absolute atomic E-state index is 0. The van der Waals surface area contributed by atoms with Crippen molar-refractivity contribution in [1.29, 1.82) is 0 Å². The minimum atomic E-state index is -4.02. The third-order valence-electron chi connectivity index (χ3n) is 1.32. The van der Waals surface area contributed by atoms with Crippen molar-refractivity contribution in [2.75, 3.05) is 0 Å². The van der Waals surface area contributed by atoms with E-state index in [-0.39, 0.29) is 6.32 Å². The predicted octanol–water partition coefficient (Wildman–Crippen LogP) is 2.51. The first-order valence-corrected chi connectivity index (χ1v) is 5.48. The summed E-state index contributed by atoms with van der Waals surface area (Å²) in [5.74, 6) is 0. The molecule has 0 saturated heterocycles. The van der Waals surface area contributed by atoms with E-state index in [1.807, 2.05) is 20.8 Å². The molecule has 3 nitrogen and oxygen atoms in total. The van der Waals surface area contributed by atoms with Gasteiger partial charge in [-0.3, -0.25) is 4.55 Å². The van der Waals surface area contributed by atoms with Gasteiger partial charge in [-0.15, -0.1) is 0 Å². The number of rotatable bonds is 1. The maximum absolute atomic E-state index is 10.5. The van der Waals surface area contributed by atoms with Gasteiger partial charge in [-0.1, -0.05) is 31.5 Å². The summed E-state index contributed by atoms with van der Waals surface area (Å²) in [6, 6.07) is 5.99. The van der Waals surface area contributed by atoms with Crippen LogP contribution >= 0.6 is 0 Å². The average molecular weight is 204 g/mol. The smallest absolute Gasteiger partial charge is 0.282 e. The second kappa shape index (κ2) is 4.99. The van der Waals surface area contributed by atoms with E-state index in [1.54, 1.807) is 12.1 Å². The van der Waals surface area contributed by atoms with Crippen molar-refractivity contribution in [3.63, 3.8) is 0 Å². The molecule has 0 aliphatic heterocycles. The molecule has 0 aliphatic carbocycles. The molecule has 0 fully saturated rings. The normalized spacial score (nSPS) is 10.2. The topological polar surface area (TPSA) is 54.4 Å². The Labute approximate surface area is 80.6 Å². The molecule has 0 radical (unpaired) electrons. The van der Waals surface area contributed by atoms with E-state index < -0.39 is 10.1 Å². The highest BCUT2D eigenvalue weighted by atomic mass is 32.2. The first-order chi connectivity index (χ1) is 6.00. The van der Waals surface area contributed by atoms with Crippen LogP contribution in [-0.4, -0.2) is 13.0 Å². The molecule has 1 aromatic carbocycles. The van der Waals surface area contributed by atoms with Crippen molar-refractivity contribution >= 4 is 10.1 Å². The molecule has 13 heavy (non-hydrogen) atoms. The Kier molecular flexibility index (Phi) is 4.66. The number of aryl methyl sites for hydroxylation is 1. The second-order valence-corrected chi connectivity index (χ2v) is 3.71. The van der Waals surface area contributed by atoms with E-state index in [0.29, 0.717) is 0 Å². The van der Waals surface area contributed by atoms with Gasteiger partial charge in [0.2, 0.25) is 0 Å². The predicted molar refractivity (Wildman–Crippen MR) is 54.5 cm³/mol. The van der Waals surface area contributed by atoms with Crippen LogP contribution in [0.5, 0.6) is 0 Å². The van der Waals surface area contributed by atoms with Crippen LogP contribution in [0.2, 0.25) is 0 Å². The third-order valence-corrected chi connectivity index (χ3v) is 2.19. The fourth-order valence-electron chi connectivity index (χ4n) is 0.710. The van der Waals surface area contributed by atoms with Gasteiger partial charge in [0.25, 0.3) is 10.1 Å². The highest BCUT2D eigenvalue weighted by Gasteiger charge is 2.06. The maximum Gasteiger partial charge on any atom is 0.294 e. The summed E-state index contributed by atoms with van der Waals surface area (Å²) in [5.41, 5.74) is 0.956. The van der Waals surface area contributed by atoms with Gasteiger partial charge in [-0.2, -0.15) is 8.42 Å². The van der Waals surface area contributed by atoms with Crippen molar-refractivity contribution in [1.82, 2.24) is 0 Å². The molecule has 0 aliphatic rings. The molecule has 0 bridgehead atoms. The Morgan fingerprint density at radius 3 is 1.85 bits per heavy atom. The SMILES string of the molecule is CC.Cc1ccc(S(=O)(=O)O)cc1.[HH]. The van der Waals surface area contributed by atoms with Gasteiger partial charge in [-0.05, 0) is 19.1 Å². The molecular weight excluding hydrogens is 188 g/mol. The zero-order valence-corrected chi connectivity index (χ0v) is 8.80. The molecular formula is C9H16O3S. The summed E-state index contributed by atoms with van der Waals surface area (Å²) in [7, 11) is -4.02. The van der Waals surface area contributed by atoms with Crippen molar-refractivity contribution in [3.8, 4) is 0 Å². The summed E-state index contributed by atoms with van der Waals surface area (Å²) in [6.45, 7) is 5.84. The Hall–Kier alpha value is -0.870. The molecule has 0 atom stereocenters.